The molecular weight excluding hydrogens is 283 g/mol. The molecule has 4 nitrogen and oxygen atoms in total. The summed E-state index contributed by atoms with van der Waals surface area (Å²) in [7, 11) is 0. The van der Waals surface area contributed by atoms with Gasteiger partial charge >= 0.3 is 5.97 Å². The number of hydrogen-bond acceptors (Lipinski definition) is 4. The van der Waals surface area contributed by atoms with Gasteiger partial charge in [-0.1, -0.05) is 6.07 Å². The maximum absolute atomic E-state index is 14.0. The minimum absolute atomic E-state index is 0.0432. The molecule has 0 amide bonds. The Labute approximate surface area is 118 Å². The fourth-order valence-electron chi connectivity index (χ4n) is 2.32. The zero-order chi connectivity index (χ0) is 14.1. The number of carbonyl (C=O) groups is 1. The Hall–Kier alpha value is -1.50. The molecule has 1 atom stereocenters. The van der Waals surface area contributed by atoms with Crippen molar-refractivity contribution in [2.24, 2.45) is 0 Å². The van der Waals surface area contributed by atoms with Gasteiger partial charge in [0.25, 0.3) is 0 Å². The van der Waals surface area contributed by atoms with Crippen LogP contribution in [-0.2, 0) is 16.1 Å². The van der Waals surface area contributed by atoms with Crippen LogP contribution in [0.3, 0.4) is 0 Å². The van der Waals surface area contributed by atoms with E-state index in [1.807, 2.05) is 0 Å². The van der Waals surface area contributed by atoms with Crippen LogP contribution in [0.15, 0.2) is 18.2 Å². The molecule has 0 aliphatic carbocycles. The van der Waals surface area contributed by atoms with Crippen molar-refractivity contribution in [2.45, 2.75) is 19.1 Å². The number of hydrogen-bond donors (Lipinski definition) is 1. The summed E-state index contributed by atoms with van der Waals surface area (Å²) in [5.41, 5.74) is 0.419. The zero-order valence-corrected chi connectivity index (χ0v) is 11.4. The van der Waals surface area contributed by atoms with Crippen LogP contribution < -0.4 is 0 Å². The minimum atomic E-state index is -1.05. The van der Waals surface area contributed by atoms with Crippen LogP contribution in [0.1, 0.15) is 21.7 Å². The van der Waals surface area contributed by atoms with Crippen molar-refractivity contribution in [3.8, 4) is 0 Å². The number of ether oxygens (including phenoxy) is 2. The smallest absolute Gasteiger partial charge is 0.346 e. The number of halogens is 1. The maximum atomic E-state index is 14.0. The van der Waals surface area contributed by atoms with Crippen LogP contribution in [0.4, 0.5) is 4.39 Å². The van der Waals surface area contributed by atoms with Gasteiger partial charge < -0.3 is 14.6 Å². The number of rotatable bonds is 4. The molecule has 1 fully saturated rings. The normalized spacial score (nSPS) is 18.8. The van der Waals surface area contributed by atoms with Crippen molar-refractivity contribution in [3.63, 3.8) is 0 Å². The largest absolute Gasteiger partial charge is 0.477 e. The summed E-state index contributed by atoms with van der Waals surface area (Å²) in [6.45, 7) is 1.25. The lowest BCUT2D eigenvalue weighted by Gasteiger charge is -2.10. The van der Waals surface area contributed by atoms with E-state index < -0.39 is 11.8 Å². The maximum Gasteiger partial charge on any atom is 0.346 e. The molecule has 6 heteroatoms. The van der Waals surface area contributed by atoms with Gasteiger partial charge in [-0.05, 0) is 18.6 Å². The predicted molar refractivity (Wildman–Crippen MR) is 72.8 cm³/mol. The second-order valence-corrected chi connectivity index (χ2v) is 5.68. The molecule has 20 heavy (non-hydrogen) atoms. The molecule has 1 aliphatic rings. The van der Waals surface area contributed by atoms with Gasteiger partial charge in [0.1, 0.15) is 10.7 Å². The van der Waals surface area contributed by atoms with Gasteiger partial charge in [0.2, 0.25) is 0 Å². The summed E-state index contributed by atoms with van der Waals surface area (Å²) in [4.78, 5) is 11.4. The predicted octanol–water partition coefficient (Wildman–Crippen LogP) is 3.04. The van der Waals surface area contributed by atoms with Gasteiger partial charge in [-0.2, -0.15) is 0 Å². The van der Waals surface area contributed by atoms with E-state index >= 15 is 0 Å². The number of benzene rings is 1. The summed E-state index contributed by atoms with van der Waals surface area (Å²) < 4.78 is 25.4. The molecule has 0 saturated carbocycles. The van der Waals surface area contributed by atoms with E-state index in [2.05, 4.69) is 0 Å². The summed E-state index contributed by atoms with van der Waals surface area (Å²) >= 11 is 1.08. The third-order valence-corrected chi connectivity index (χ3v) is 4.49. The molecule has 1 aliphatic heterocycles. The number of carboxylic acid groups (broad SMARTS) is 1. The van der Waals surface area contributed by atoms with Crippen LogP contribution >= 0.6 is 11.3 Å². The molecule has 1 unspecified atom stereocenters. The van der Waals surface area contributed by atoms with Crippen LogP contribution in [0.5, 0.6) is 0 Å². The fraction of sp³-hybridized carbons (Fsp3) is 0.357. The van der Waals surface area contributed by atoms with Gasteiger partial charge in [0, 0.05) is 22.3 Å². The highest BCUT2D eigenvalue weighted by Gasteiger charge is 2.22. The van der Waals surface area contributed by atoms with Crippen LogP contribution in [0.2, 0.25) is 0 Å². The highest BCUT2D eigenvalue weighted by atomic mass is 32.1. The Kier molecular flexibility index (Phi) is 3.69. The Balaban J connectivity index is 1.97. The summed E-state index contributed by atoms with van der Waals surface area (Å²) in [6.07, 6.45) is 0.742. The number of carboxylic acids is 1. The number of aromatic carboxylic acids is 1. The van der Waals surface area contributed by atoms with E-state index in [0.29, 0.717) is 28.9 Å². The second-order valence-electron chi connectivity index (χ2n) is 4.62. The van der Waals surface area contributed by atoms with Crippen molar-refractivity contribution in [2.75, 3.05) is 13.2 Å². The first-order chi connectivity index (χ1) is 9.66. The van der Waals surface area contributed by atoms with Crippen LogP contribution in [0, 0.1) is 5.82 Å². The third kappa shape index (κ3) is 2.42. The first-order valence-corrected chi connectivity index (χ1v) is 7.11. The van der Waals surface area contributed by atoms with E-state index in [1.54, 1.807) is 12.1 Å². The molecule has 106 valence electrons. The monoisotopic (exact) mass is 296 g/mol. The number of thiophene rings is 1. The Bertz CT molecular complexity index is 646. The molecule has 0 bridgehead atoms. The van der Waals surface area contributed by atoms with E-state index in [0.717, 1.165) is 17.8 Å². The van der Waals surface area contributed by atoms with E-state index in [9.17, 15) is 14.3 Å². The van der Waals surface area contributed by atoms with Gasteiger partial charge in [0.15, 0.2) is 0 Å². The SMILES string of the molecule is O=C(O)c1sc2cccc(F)c2c1COC1CCOC1. The molecule has 2 aromatic rings. The van der Waals surface area contributed by atoms with Gasteiger partial charge in [0.05, 0.1) is 19.3 Å². The van der Waals surface area contributed by atoms with Crippen molar-refractivity contribution < 1.29 is 23.8 Å². The topological polar surface area (TPSA) is 55.8 Å². The van der Waals surface area contributed by atoms with Crippen molar-refractivity contribution in [3.05, 3.63) is 34.5 Å². The second kappa shape index (κ2) is 5.47. The standard InChI is InChI=1S/C14H13FO4S/c15-10-2-1-3-11-12(10)9(13(20-11)14(16)17)7-19-8-4-5-18-6-8/h1-3,8H,4-7H2,(H,16,17). The molecular formula is C14H13FO4S. The van der Waals surface area contributed by atoms with Gasteiger partial charge in [-0.25, -0.2) is 9.18 Å². The Morgan fingerprint density at radius 3 is 3.10 bits per heavy atom. The first-order valence-electron chi connectivity index (χ1n) is 6.29. The van der Waals surface area contributed by atoms with Crippen molar-refractivity contribution >= 4 is 27.4 Å². The van der Waals surface area contributed by atoms with Crippen molar-refractivity contribution in [1.82, 2.24) is 0 Å². The summed E-state index contributed by atoms with van der Waals surface area (Å²) in [5.74, 6) is -1.46. The van der Waals surface area contributed by atoms with E-state index in [-0.39, 0.29) is 17.6 Å². The summed E-state index contributed by atoms with van der Waals surface area (Å²) in [5, 5.41) is 9.61. The lowest BCUT2D eigenvalue weighted by Crippen LogP contribution is -2.13. The first kappa shape index (κ1) is 13.5. The van der Waals surface area contributed by atoms with E-state index in [1.165, 1.54) is 6.07 Å². The Morgan fingerprint density at radius 1 is 1.55 bits per heavy atom. The highest BCUT2D eigenvalue weighted by molar-refractivity contribution is 7.21. The molecule has 2 heterocycles. The zero-order valence-electron chi connectivity index (χ0n) is 10.6. The average molecular weight is 296 g/mol. The molecule has 3 rings (SSSR count). The lowest BCUT2D eigenvalue weighted by molar-refractivity contribution is 0.0316. The quantitative estimate of drug-likeness (QED) is 0.942. The molecule has 0 radical (unpaired) electrons. The van der Waals surface area contributed by atoms with Crippen molar-refractivity contribution in [1.29, 1.82) is 0 Å². The number of fused-ring (bicyclic) bond motifs is 1. The molecule has 1 N–H and O–H groups in total. The molecule has 1 aromatic carbocycles. The molecule has 0 spiro atoms. The molecule has 1 saturated heterocycles. The minimum Gasteiger partial charge on any atom is -0.477 e. The van der Waals surface area contributed by atoms with Gasteiger partial charge in [-0.15, -0.1) is 11.3 Å². The fourth-order valence-corrected chi connectivity index (χ4v) is 3.38. The third-order valence-electron chi connectivity index (χ3n) is 3.31. The van der Waals surface area contributed by atoms with Crippen LogP contribution in [0.25, 0.3) is 10.1 Å². The van der Waals surface area contributed by atoms with Gasteiger partial charge in [-0.3, -0.25) is 0 Å². The van der Waals surface area contributed by atoms with E-state index in [4.69, 9.17) is 9.47 Å². The average Bonchev–Trinajstić information content (AvgIpc) is 3.03. The Morgan fingerprint density at radius 2 is 2.40 bits per heavy atom. The van der Waals surface area contributed by atoms with Crippen LogP contribution in [-0.4, -0.2) is 30.4 Å². The lowest BCUT2D eigenvalue weighted by atomic mass is 10.1. The molecule has 1 aromatic heterocycles. The summed E-state index contributed by atoms with van der Waals surface area (Å²) in [6, 6.07) is 4.63. The highest BCUT2D eigenvalue weighted by Crippen LogP contribution is 2.34.